The number of ether oxygens (including phenoxy) is 4. The highest BCUT2D eigenvalue weighted by molar-refractivity contribution is 6.92. The summed E-state index contributed by atoms with van der Waals surface area (Å²) in [6.07, 6.45) is 3.82. The van der Waals surface area contributed by atoms with E-state index < -0.39 is 32.3 Å². The summed E-state index contributed by atoms with van der Waals surface area (Å²) in [6.45, 7) is 37.0. The Hall–Kier alpha value is -4.23. The van der Waals surface area contributed by atoms with Crippen LogP contribution in [0.15, 0.2) is 121 Å². The first-order valence-electron chi connectivity index (χ1n) is 23.8. The van der Waals surface area contributed by atoms with Crippen molar-refractivity contribution < 1.29 is 28.5 Å². The van der Waals surface area contributed by atoms with Gasteiger partial charge in [0.2, 0.25) is 0 Å². The van der Waals surface area contributed by atoms with Crippen molar-refractivity contribution in [2.24, 2.45) is 0 Å². The largest absolute Gasteiger partial charge is 0.494 e. The molecule has 0 N–H and O–H groups in total. The van der Waals surface area contributed by atoms with Gasteiger partial charge in [-0.05, 0) is 74.9 Å². The van der Waals surface area contributed by atoms with Crippen molar-refractivity contribution in [3.63, 3.8) is 0 Å². The molecule has 0 aromatic heterocycles. The van der Waals surface area contributed by atoms with Crippen LogP contribution in [0.3, 0.4) is 0 Å². The Bertz CT molecular complexity index is 2020. The van der Waals surface area contributed by atoms with Crippen LogP contribution in [0.25, 0.3) is 0 Å². The number of carbonyl (C=O) groups excluding carboxylic acids is 2. The molecule has 0 aliphatic carbocycles. The van der Waals surface area contributed by atoms with Crippen molar-refractivity contribution >= 4 is 65.0 Å². The molecule has 4 aromatic rings. The molecule has 4 rings (SSSR count). The molecule has 65 heavy (non-hydrogen) atoms. The molecule has 0 amide bonds. The molecule has 0 heterocycles. The SMILES string of the molecule is C=C(C)C(=O)OCCC[Si](C)(C)c1ccc([Si](C)(C)CCCOc2ccc(C(C)(C)c3ccc(OCCC[Si](C)(C)c4ccc([Si](C)(C)CCCOC(=O)C(=C)C)cc4)cc3)cc2)cc1. The maximum absolute atomic E-state index is 11.7. The van der Waals surface area contributed by atoms with Gasteiger partial charge in [0.15, 0.2) is 0 Å². The van der Waals surface area contributed by atoms with Gasteiger partial charge in [0.25, 0.3) is 0 Å². The summed E-state index contributed by atoms with van der Waals surface area (Å²) in [6, 6.07) is 40.7. The maximum atomic E-state index is 11.7. The molecular formula is C55H80O6Si4. The Morgan fingerprint density at radius 1 is 0.431 bits per heavy atom. The van der Waals surface area contributed by atoms with Gasteiger partial charge in [-0.2, -0.15) is 0 Å². The maximum Gasteiger partial charge on any atom is 0.333 e. The molecule has 6 nitrogen and oxygen atoms in total. The van der Waals surface area contributed by atoms with Gasteiger partial charge in [0.1, 0.15) is 11.5 Å². The predicted octanol–water partition coefficient (Wildman–Crippen LogP) is 11.6. The third kappa shape index (κ3) is 16.0. The van der Waals surface area contributed by atoms with Crippen LogP contribution in [0.2, 0.25) is 76.6 Å². The van der Waals surface area contributed by atoms with E-state index in [-0.39, 0.29) is 17.4 Å². The highest BCUT2D eigenvalue weighted by Gasteiger charge is 2.29. The highest BCUT2D eigenvalue weighted by atomic mass is 28.3. The van der Waals surface area contributed by atoms with Crippen molar-refractivity contribution in [1.29, 1.82) is 0 Å². The molecule has 352 valence electrons. The minimum absolute atomic E-state index is 0.165. The summed E-state index contributed by atoms with van der Waals surface area (Å²) >= 11 is 0. The molecule has 0 saturated carbocycles. The summed E-state index contributed by atoms with van der Waals surface area (Å²) in [5.41, 5.74) is 3.24. The minimum Gasteiger partial charge on any atom is -0.494 e. The van der Waals surface area contributed by atoms with E-state index in [1.807, 2.05) is 0 Å². The standard InChI is InChI=1S/C55H80O6Si4/c1-43(2)53(56)60-37-17-41-64(11,12)51-31-27-49(28-32-51)62(7,8)39-15-35-58-47-23-19-45(20-24-47)55(5,6)46-21-25-48(26-22-46)59-36-16-40-63(9,10)50-29-33-52(34-30-50)65(13,14)42-18-38-61-54(57)44(3)4/h19-34H,1,3,15-18,35-42H2,2,4-14H3. The molecular weight excluding hydrogens is 869 g/mol. The Labute approximate surface area is 397 Å². The normalized spacial score (nSPS) is 12.4. The van der Waals surface area contributed by atoms with Crippen LogP contribution >= 0.6 is 0 Å². The van der Waals surface area contributed by atoms with Gasteiger partial charge in [-0.3, -0.25) is 0 Å². The van der Waals surface area contributed by atoms with Crippen LogP contribution in [0, 0.1) is 0 Å². The Kier molecular flexibility index (Phi) is 19.3. The fraction of sp³-hybridized carbons (Fsp3) is 0.455. The highest BCUT2D eigenvalue weighted by Crippen LogP contribution is 2.33. The summed E-state index contributed by atoms with van der Waals surface area (Å²) in [4.78, 5) is 23.4. The van der Waals surface area contributed by atoms with Crippen molar-refractivity contribution in [3.8, 4) is 11.5 Å². The first-order chi connectivity index (χ1) is 30.4. The summed E-state index contributed by atoms with van der Waals surface area (Å²) in [7, 11) is -6.50. The zero-order valence-electron chi connectivity index (χ0n) is 42.1. The molecule has 4 aromatic carbocycles. The Morgan fingerprint density at radius 2 is 0.677 bits per heavy atom. The Balaban J connectivity index is 1.18. The van der Waals surface area contributed by atoms with E-state index >= 15 is 0 Å². The third-order valence-electron chi connectivity index (χ3n) is 13.5. The van der Waals surface area contributed by atoms with Gasteiger partial charge >= 0.3 is 11.9 Å². The van der Waals surface area contributed by atoms with E-state index in [1.54, 1.807) is 13.8 Å². The number of hydrogen-bond acceptors (Lipinski definition) is 6. The van der Waals surface area contributed by atoms with Crippen LogP contribution < -0.4 is 30.2 Å². The van der Waals surface area contributed by atoms with E-state index in [1.165, 1.54) is 44.0 Å². The summed E-state index contributed by atoms with van der Waals surface area (Å²) < 4.78 is 23.2. The van der Waals surface area contributed by atoms with Crippen LogP contribution in [-0.2, 0) is 24.5 Å². The van der Waals surface area contributed by atoms with Gasteiger partial charge in [0, 0.05) is 16.6 Å². The average molecular weight is 950 g/mol. The van der Waals surface area contributed by atoms with Gasteiger partial charge in [0.05, 0.1) is 58.7 Å². The smallest absolute Gasteiger partial charge is 0.333 e. The number of rotatable bonds is 26. The molecule has 0 fully saturated rings. The lowest BCUT2D eigenvalue weighted by molar-refractivity contribution is -0.139. The number of carbonyl (C=O) groups is 2. The van der Waals surface area contributed by atoms with Gasteiger partial charge < -0.3 is 18.9 Å². The fourth-order valence-electron chi connectivity index (χ4n) is 8.44. The lowest BCUT2D eigenvalue weighted by Gasteiger charge is -2.27. The van der Waals surface area contributed by atoms with Crippen LogP contribution in [-0.4, -0.2) is 70.7 Å². The summed E-state index contributed by atoms with van der Waals surface area (Å²) in [5, 5.41) is 5.89. The number of benzene rings is 4. The van der Waals surface area contributed by atoms with Crippen molar-refractivity contribution in [2.75, 3.05) is 26.4 Å². The second-order valence-corrected chi connectivity index (χ2v) is 40.7. The molecule has 0 saturated heterocycles. The fourth-order valence-corrected chi connectivity index (χ4v) is 18.0. The molecule has 0 spiro atoms. The molecule has 0 unspecified atom stereocenters. The minimum atomic E-state index is -1.63. The second kappa shape index (κ2) is 23.5. The van der Waals surface area contributed by atoms with E-state index in [0.29, 0.717) is 37.6 Å². The van der Waals surface area contributed by atoms with Crippen molar-refractivity contribution in [1.82, 2.24) is 0 Å². The lowest BCUT2D eigenvalue weighted by Crippen LogP contribution is -2.45. The molecule has 0 aliphatic rings. The van der Waals surface area contributed by atoms with Gasteiger partial charge in [-0.15, -0.1) is 0 Å². The van der Waals surface area contributed by atoms with Gasteiger partial charge in [-0.25, -0.2) is 9.59 Å². The first kappa shape index (κ1) is 53.4. The van der Waals surface area contributed by atoms with E-state index in [9.17, 15) is 9.59 Å². The third-order valence-corrected chi connectivity index (χ3v) is 27.5. The summed E-state index contributed by atoms with van der Waals surface area (Å²) in [5.74, 6) is 1.24. The van der Waals surface area contributed by atoms with E-state index in [0.717, 1.165) is 49.3 Å². The van der Waals surface area contributed by atoms with Crippen molar-refractivity contribution in [3.05, 3.63) is 132 Å². The Morgan fingerprint density at radius 3 is 0.923 bits per heavy atom. The van der Waals surface area contributed by atoms with Crippen LogP contribution in [0.5, 0.6) is 11.5 Å². The second-order valence-electron chi connectivity index (χ2n) is 21.3. The van der Waals surface area contributed by atoms with E-state index in [2.05, 4.69) is 176 Å². The van der Waals surface area contributed by atoms with Crippen molar-refractivity contribution in [2.45, 2.75) is 135 Å². The molecule has 0 aliphatic heterocycles. The number of hydrogen-bond donors (Lipinski definition) is 0. The molecule has 0 bridgehead atoms. The predicted molar refractivity (Wildman–Crippen MR) is 287 cm³/mol. The zero-order valence-corrected chi connectivity index (χ0v) is 46.1. The van der Waals surface area contributed by atoms with E-state index in [4.69, 9.17) is 18.9 Å². The van der Waals surface area contributed by atoms with Crippen LogP contribution in [0.1, 0.15) is 64.5 Å². The lowest BCUT2D eigenvalue weighted by atomic mass is 9.78. The number of esters is 2. The topological polar surface area (TPSA) is 71.1 Å². The first-order valence-corrected chi connectivity index (χ1v) is 36.6. The van der Waals surface area contributed by atoms with Gasteiger partial charge in [-0.1, -0.05) is 197 Å². The monoisotopic (exact) mass is 949 g/mol. The zero-order chi connectivity index (χ0) is 48.1. The molecule has 10 heteroatoms. The molecule has 0 radical (unpaired) electrons. The molecule has 0 atom stereocenters. The quantitative estimate of drug-likeness (QED) is 0.0270. The average Bonchev–Trinajstić information content (AvgIpc) is 3.27. The van der Waals surface area contributed by atoms with Crippen LogP contribution in [0.4, 0.5) is 0 Å².